The molecule has 40 heavy (non-hydrogen) atoms. The maximum absolute atomic E-state index is 14.1. The van der Waals surface area contributed by atoms with Gasteiger partial charge in [-0.05, 0) is 64.5 Å². The average molecular weight is 559 g/mol. The summed E-state index contributed by atoms with van der Waals surface area (Å²) in [4.78, 5) is 27.5. The molecule has 1 saturated carbocycles. The van der Waals surface area contributed by atoms with Crippen LogP contribution in [0, 0.1) is 5.92 Å². The van der Waals surface area contributed by atoms with Crippen molar-refractivity contribution in [2.45, 2.75) is 64.5 Å². The van der Waals surface area contributed by atoms with Crippen molar-refractivity contribution in [1.82, 2.24) is 24.8 Å². The molecular weight excluding hydrogens is 522 g/mol. The maximum atomic E-state index is 14.1. The van der Waals surface area contributed by atoms with Crippen LogP contribution in [-0.4, -0.2) is 70.2 Å². The number of nitrogens with zero attached hydrogens (tertiary/aromatic N) is 5. The Morgan fingerprint density at radius 3 is 2.48 bits per heavy atom. The first-order chi connectivity index (χ1) is 19.2. The van der Waals surface area contributed by atoms with Gasteiger partial charge in [-0.15, -0.1) is 0 Å². The van der Waals surface area contributed by atoms with Gasteiger partial charge in [0.05, 0.1) is 30.9 Å². The predicted molar refractivity (Wildman–Crippen MR) is 145 cm³/mol. The van der Waals surface area contributed by atoms with Gasteiger partial charge in [-0.3, -0.25) is 4.57 Å². The number of hydrogen-bond acceptors (Lipinski definition) is 8. The monoisotopic (exact) mass is 558 g/mol. The molecule has 1 amide bonds. The number of carbonyl (C=O) groups excluding carboxylic acids is 1. The lowest BCUT2D eigenvalue weighted by atomic mass is 9.86. The third kappa shape index (κ3) is 6.78. The highest BCUT2D eigenvalue weighted by Crippen LogP contribution is 2.30. The molecular formula is C28H36F2N6O4. The van der Waals surface area contributed by atoms with Crippen LogP contribution in [0.5, 0.6) is 6.01 Å². The fourth-order valence-electron chi connectivity index (χ4n) is 5.11. The minimum Gasteiger partial charge on any atom is -0.463 e. The van der Waals surface area contributed by atoms with Crippen LogP contribution in [0.2, 0.25) is 0 Å². The number of imidazole rings is 1. The van der Waals surface area contributed by atoms with E-state index in [0.29, 0.717) is 49.8 Å². The Kier molecular flexibility index (Phi) is 8.34. The molecule has 3 aromatic rings. The molecule has 3 heterocycles. The lowest BCUT2D eigenvalue weighted by Gasteiger charge is -2.30. The van der Waals surface area contributed by atoms with Gasteiger partial charge in [-0.25, -0.2) is 18.6 Å². The van der Waals surface area contributed by atoms with E-state index < -0.39 is 18.1 Å². The zero-order valence-electron chi connectivity index (χ0n) is 23.1. The van der Waals surface area contributed by atoms with Gasteiger partial charge < -0.3 is 24.4 Å². The number of nitrogens with one attached hydrogen (secondary N) is 1. The molecule has 12 heteroatoms. The smallest absolute Gasteiger partial charge is 0.407 e. The minimum atomic E-state index is -2.79. The lowest BCUT2D eigenvalue weighted by molar-refractivity contribution is 0.0483. The van der Waals surface area contributed by atoms with Crippen LogP contribution >= 0.6 is 0 Å². The number of alkyl carbamates (subject to hydrolysis) is 1. The number of hydrogen-bond donors (Lipinski definition) is 1. The molecule has 216 valence electrons. The van der Waals surface area contributed by atoms with Crippen molar-refractivity contribution >= 4 is 22.9 Å². The van der Waals surface area contributed by atoms with Crippen LogP contribution in [0.4, 0.5) is 19.4 Å². The third-order valence-electron chi connectivity index (χ3n) is 7.04. The van der Waals surface area contributed by atoms with Gasteiger partial charge in [0.1, 0.15) is 17.2 Å². The van der Waals surface area contributed by atoms with E-state index in [1.54, 1.807) is 30.3 Å². The highest BCUT2D eigenvalue weighted by molar-refractivity contribution is 5.78. The number of anilines is 1. The van der Waals surface area contributed by atoms with Gasteiger partial charge in [0.25, 0.3) is 6.43 Å². The van der Waals surface area contributed by atoms with Crippen molar-refractivity contribution in [2.75, 3.05) is 37.8 Å². The van der Waals surface area contributed by atoms with Gasteiger partial charge in [0.2, 0.25) is 0 Å². The minimum absolute atomic E-state index is 0.0564. The van der Waals surface area contributed by atoms with E-state index in [9.17, 15) is 13.6 Å². The molecule has 2 aliphatic rings. The Bertz CT molecular complexity index is 1310. The number of fused-ring (bicyclic) bond motifs is 1. The summed E-state index contributed by atoms with van der Waals surface area (Å²) in [6.07, 6.45) is 0.153. The number of morpholine rings is 1. The zero-order chi connectivity index (χ0) is 28.3. The Labute approximate surface area is 232 Å². The molecule has 2 aromatic heterocycles. The number of para-hydroxylation sites is 2. The van der Waals surface area contributed by atoms with Crippen molar-refractivity contribution in [2.24, 2.45) is 5.92 Å². The second kappa shape index (κ2) is 11.9. The zero-order valence-corrected chi connectivity index (χ0v) is 23.1. The summed E-state index contributed by atoms with van der Waals surface area (Å²) in [6.45, 7) is 8.24. The van der Waals surface area contributed by atoms with Crippen molar-refractivity contribution in [3.8, 4) is 11.8 Å². The van der Waals surface area contributed by atoms with Gasteiger partial charge in [0.15, 0.2) is 5.82 Å². The van der Waals surface area contributed by atoms with E-state index in [1.165, 1.54) is 4.57 Å². The first-order valence-corrected chi connectivity index (χ1v) is 13.8. The fraction of sp³-hybridized carbons (Fsp3) is 0.571. The van der Waals surface area contributed by atoms with Crippen LogP contribution in [0.15, 0.2) is 30.3 Å². The number of alkyl halides is 2. The van der Waals surface area contributed by atoms with Crippen LogP contribution in [0.3, 0.4) is 0 Å². The summed E-state index contributed by atoms with van der Waals surface area (Å²) in [5.41, 5.74) is 0.456. The van der Waals surface area contributed by atoms with E-state index in [4.69, 9.17) is 14.2 Å². The second-order valence-electron chi connectivity index (χ2n) is 11.2. The van der Waals surface area contributed by atoms with Gasteiger partial charge in [-0.2, -0.15) is 9.97 Å². The van der Waals surface area contributed by atoms with E-state index >= 15 is 0 Å². The van der Waals surface area contributed by atoms with Crippen LogP contribution in [0.25, 0.3) is 16.9 Å². The lowest BCUT2D eigenvalue weighted by Crippen LogP contribution is -2.41. The fourth-order valence-corrected chi connectivity index (χ4v) is 5.11. The maximum Gasteiger partial charge on any atom is 0.407 e. The number of aromatic nitrogens is 4. The third-order valence-corrected chi connectivity index (χ3v) is 7.04. The first-order valence-electron chi connectivity index (χ1n) is 13.8. The van der Waals surface area contributed by atoms with Gasteiger partial charge in [0, 0.05) is 25.2 Å². The molecule has 5 rings (SSSR count). The summed E-state index contributed by atoms with van der Waals surface area (Å²) in [5.74, 6) is 0.739. The SMILES string of the molecule is CC(C)(C)OC(=O)NC1CCC(COc2nc(N3CCOCC3)cc(-n3c(C(F)F)nc4ccccc43)n2)CC1. The summed E-state index contributed by atoms with van der Waals surface area (Å²) in [6, 6.07) is 8.88. The number of halogens is 2. The Morgan fingerprint density at radius 2 is 1.77 bits per heavy atom. The molecule has 10 nitrogen and oxygen atoms in total. The second-order valence-corrected chi connectivity index (χ2v) is 11.2. The number of carbonyl (C=O) groups is 1. The van der Waals surface area contributed by atoms with E-state index in [2.05, 4.69) is 20.3 Å². The largest absolute Gasteiger partial charge is 0.463 e. The molecule has 1 saturated heterocycles. The van der Waals surface area contributed by atoms with Crippen molar-refractivity contribution < 1.29 is 27.8 Å². The number of amides is 1. The highest BCUT2D eigenvalue weighted by atomic mass is 19.3. The summed E-state index contributed by atoms with van der Waals surface area (Å²) in [7, 11) is 0. The van der Waals surface area contributed by atoms with Crippen molar-refractivity contribution in [3.05, 3.63) is 36.2 Å². The molecule has 0 spiro atoms. The molecule has 0 unspecified atom stereocenters. The summed E-state index contributed by atoms with van der Waals surface area (Å²) < 4.78 is 46.5. The molecule has 1 aromatic carbocycles. The predicted octanol–water partition coefficient (Wildman–Crippen LogP) is 5.05. The quantitative estimate of drug-likeness (QED) is 0.430. The molecule has 1 aliphatic carbocycles. The highest BCUT2D eigenvalue weighted by Gasteiger charge is 2.27. The topological polar surface area (TPSA) is 104 Å². The molecule has 0 atom stereocenters. The molecule has 1 aliphatic heterocycles. The number of rotatable bonds is 7. The van der Waals surface area contributed by atoms with Crippen molar-refractivity contribution in [1.29, 1.82) is 0 Å². The van der Waals surface area contributed by atoms with Gasteiger partial charge >= 0.3 is 12.1 Å². The van der Waals surface area contributed by atoms with Crippen LogP contribution in [-0.2, 0) is 9.47 Å². The summed E-state index contributed by atoms with van der Waals surface area (Å²) in [5, 5.41) is 2.95. The molecule has 0 bridgehead atoms. The van der Waals surface area contributed by atoms with Crippen LogP contribution < -0.4 is 15.0 Å². The van der Waals surface area contributed by atoms with E-state index in [1.807, 2.05) is 25.7 Å². The van der Waals surface area contributed by atoms with Crippen LogP contribution in [0.1, 0.15) is 58.7 Å². The standard InChI is InChI=1S/C28H36F2N6O4/c1-28(2,3)40-27(37)31-19-10-8-18(9-11-19)17-39-26-33-22(35-12-14-38-15-13-35)16-23(34-26)36-21-7-5-4-6-20(21)32-25(36)24(29)30/h4-7,16,18-19,24H,8-15,17H2,1-3H3,(H,31,37). The number of benzene rings is 1. The Balaban J connectivity index is 1.33. The van der Waals surface area contributed by atoms with E-state index in [0.717, 1.165) is 25.7 Å². The Morgan fingerprint density at radius 1 is 1.07 bits per heavy atom. The molecule has 1 N–H and O–H groups in total. The molecule has 0 radical (unpaired) electrons. The molecule has 2 fully saturated rings. The summed E-state index contributed by atoms with van der Waals surface area (Å²) >= 11 is 0. The number of ether oxygens (including phenoxy) is 3. The Hall–Kier alpha value is -3.54. The average Bonchev–Trinajstić information content (AvgIpc) is 3.32. The first kappa shape index (κ1) is 28.0. The van der Waals surface area contributed by atoms with E-state index in [-0.39, 0.29) is 29.6 Å². The van der Waals surface area contributed by atoms with Gasteiger partial charge in [-0.1, -0.05) is 12.1 Å². The normalized spacial score (nSPS) is 20.1. The van der Waals surface area contributed by atoms with Crippen molar-refractivity contribution in [3.63, 3.8) is 0 Å².